The van der Waals surface area contributed by atoms with Crippen LogP contribution >= 0.6 is 15.9 Å². The van der Waals surface area contributed by atoms with Crippen LogP contribution in [0.3, 0.4) is 0 Å². The second kappa shape index (κ2) is 7.67. The van der Waals surface area contributed by atoms with Crippen molar-refractivity contribution in [2.75, 3.05) is 25.6 Å². The molecule has 0 unspecified atom stereocenters. The van der Waals surface area contributed by atoms with Crippen LogP contribution in [0.2, 0.25) is 0 Å². The third kappa shape index (κ3) is 4.48. The molecule has 2 aromatic rings. The van der Waals surface area contributed by atoms with Crippen LogP contribution in [0.25, 0.3) is 0 Å². The SMILES string of the molecule is COCCNc1oc(COc2ccc(Br)cc2)nc1C#N. The van der Waals surface area contributed by atoms with Crippen molar-refractivity contribution in [3.05, 3.63) is 40.3 Å². The average molecular weight is 352 g/mol. The Morgan fingerprint density at radius 2 is 2.14 bits per heavy atom. The van der Waals surface area contributed by atoms with Crippen LogP contribution < -0.4 is 10.1 Å². The molecule has 0 fully saturated rings. The Morgan fingerprint density at radius 3 is 2.81 bits per heavy atom. The Kier molecular flexibility index (Phi) is 5.60. The van der Waals surface area contributed by atoms with Gasteiger partial charge < -0.3 is 19.2 Å². The summed E-state index contributed by atoms with van der Waals surface area (Å²) in [4.78, 5) is 4.07. The van der Waals surface area contributed by atoms with E-state index < -0.39 is 0 Å². The summed E-state index contributed by atoms with van der Waals surface area (Å²) in [5, 5.41) is 12.0. The minimum atomic E-state index is 0.155. The van der Waals surface area contributed by atoms with E-state index in [9.17, 15) is 0 Å². The Bertz CT molecular complexity index is 619. The number of hydrogen-bond donors (Lipinski definition) is 1. The molecule has 1 aromatic heterocycles. The van der Waals surface area contributed by atoms with Gasteiger partial charge in [-0.3, -0.25) is 0 Å². The molecule has 0 saturated carbocycles. The van der Waals surface area contributed by atoms with Crippen LogP contribution in [0.5, 0.6) is 5.75 Å². The number of oxazole rings is 1. The number of nitrogens with zero attached hydrogens (tertiary/aromatic N) is 2. The lowest BCUT2D eigenvalue weighted by molar-refractivity contribution is 0.210. The van der Waals surface area contributed by atoms with Crippen molar-refractivity contribution in [1.82, 2.24) is 4.98 Å². The number of aromatic nitrogens is 1. The number of nitrogens with one attached hydrogen (secondary N) is 1. The van der Waals surface area contributed by atoms with E-state index in [1.165, 1.54) is 0 Å². The summed E-state index contributed by atoms with van der Waals surface area (Å²) in [6.07, 6.45) is 0. The van der Waals surface area contributed by atoms with Gasteiger partial charge in [-0.2, -0.15) is 10.2 Å². The van der Waals surface area contributed by atoms with Crippen molar-refractivity contribution in [2.45, 2.75) is 6.61 Å². The van der Waals surface area contributed by atoms with E-state index in [-0.39, 0.29) is 12.3 Å². The number of benzene rings is 1. The summed E-state index contributed by atoms with van der Waals surface area (Å²) >= 11 is 3.35. The maximum atomic E-state index is 9.01. The van der Waals surface area contributed by atoms with Crippen LogP contribution in [0.4, 0.5) is 5.88 Å². The maximum absolute atomic E-state index is 9.01. The highest BCUT2D eigenvalue weighted by atomic mass is 79.9. The molecule has 7 heteroatoms. The molecule has 0 saturated heterocycles. The van der Waals surface area contributed by atoms with Crippen molar-refractivity contribution >= 4 is 21.8 Å². The fraction of sp³-hybridized carbons (Fsp3) is 0.286. The Balaban J connectivity index is 1.97. The fourth-order valence-corrected chi connectivity index (χ4v) is 1.83. The van der Waals surface area contributed by atoms with Gasteiger partial charge in [0, 0.05) is 18.1 Å². The van der Waals surface area contributed by atoms with E-state index in [4.69, 9.17) is 19.2 Å². The molecule has 0 bridgehead atoms. The van der Waals surface area contributed by atoms with Gasteiger partial charge in [-0.05, 0) is 24.3 Å². The molecule has 0 radical (unpaired) electrons. The first-order valence-electron chi connectivity index (χ1n) is 6.24. The number of rotatable bonds is 7. The first-order chi connectivity index (χ1) is 10.2. The second-order valence-corrected chi connectivity index (χ2v) is 4.97. The first-order valence-corrected chi connectivity index (χ1v) is 7.03. The number of anilines is 1. The summed E-state index contributed by atoms with van der Waals surface area (Å²) in [6, 6.07) is 9.39. The average Bonchev–Trinajstić information content (AvgIpc) is 2.89. The number of ether oxygens (including phenoxy) is 2. The van der Waals surface area contributed by atoms with Gasteiger partial charge in [0.05, 0.1) is 6.61 Å². The molecule has 0 aliphatic carbocycles. The van der Waals surface area contributed by atoms with E-state index >= 15 is 0 Å². The molecular formula is C14H14BrN3O3. The molecule has 0 aliphatic heterocycles. The van der Waals surface area contributed by atoms with Crippen LogP contribution in [-0.4, -0.2) is 25.2 Å². The van der Waals surface area contributed by atoms with Gasteiger partial charge >= 0.3 is 0 Å². The standard InChI is InChI=1S/C14H14BrN3O3/c1-19-7-6-17-14-12(8-16)18-13(21-14)9-20-11-4-2-10(15)3-5-11/h2-5,17H,6-7,9H2,1H3. The molecule has 110 valence electrons. The minimum absolute atomic E-state index is 0.155. The molecule has 2 rings (SSSR count). The molecular weight excluding hydrogens is 338 g/mol. The van der Waals surface area contributed by atoms with Gasteiger partial charge in [0.15, 0.2) is 6.61 Å². The molecule has 0 aliphatic rings. The molecule has 1 N–H and O–H groups in total. The lowest BCUT2D eigenvalue weighted by atomic mass is 10.3. The summed E-state index contributed by atoms with van der Waals surface area (Å²) in [5.41, 5.74) is 0.209. The van der Waals surface area contributed by atoms with Gasteiger partial charge in [0.2, 0.25) is 17.5 Å². The Morgan fingerprint density at radius 1 is 1.38 bits per heavy atom. The van der Waals surface area contributed by atoms with E-state index in [0.29, 0.717) is 30.7 Å². The van der Waals surface area contributed by atoms with Crippen molar-refractivity contribution in [3.8, 4) is 11.8 Å². The van der Waals surface area contributed by atoms with Gasteiger partial charge in [0.25, 0.3) is 0 Å². The zero-order chi connectivity index (χ0) is 15.1. The number of methoxy groups -OCH3 is 1. The van der Waals surface area contributed by atoms with Crippen molar-refractivity contribution < 1.29 is 13.9 Å². The third-order valence-electron chi connectivity index (χ3n) is 2.55. The minimum Gasteiger partial charge on any atom is -0.484 e. The molecule has 21 heavy (non-hydrogen) atoms. The fourth-order valence-electron chi connectivity index (χ4n) is 1.56. The molecule has 0 amide bonds. The normalized spacial score (nSPS) is 10.1. The summed E-state index contributed by atoms with van der Waals surface area (Å²) in [5.74, 6) is 1.38. The highest BCUT2D eigenvalue weighted by Crippen LogP contribution is 2.20. The summed E-state index contributed by atoms with van der Waals surface area (Å²) < 4.78 is 16.9. The van der Waals surface area contributed by atoms with Crippen LogP contribution in [0, 0.1) is 11.3 Å². The number of halogens is 1. The van der Waals surface area contributed by atoms with E-state index in [1.54, 1.807) is 7.11 Å². The second-order valence-electron chi connectivity index (χ2n) is 4.06. The number of hydrogen-bond acceptors (Lipinski definition) is 6. The predicted octanol–water partition coefficient (Wildman–Crippen LogP) is 2.95. The molecule has 1 heterocycles. The summed E-state index contributed by atoms with van der Waals surface area (Å²) in [7, 11) is 1.60. The lowest BCUT2D eigenvalue weighted by Gasteiger charge is -2.03. The molecule has 0 spiro atoms. The summed E-state index contributed by atoms with van der Waals surface area (Å²) in [6.45, 7) is 1.20. The van der Waals surface area contributed by atoms with E-state index in [1.807, 2.05) is 30.3 Å². The van der Waals surface area contributed by atoms with Crippen molar-refractivity contribution in [3.63, 3.8) is 0 Å². The highest BCUT2D eigenvalue weighted by molar-refractivity contribution is 9.10. The smallest absolute Gasteiger partial charge is 0.236 e. The first kappa shape index (κ1) is 15.4. The van der Waals surface area contributed by atoms with Gasteiger partial charge in [-0.1, -0.05) is 15.9 Å². The maximum Gasteiger partial charge on any atom is 0.236 e. The van der Waals surface area contributed by atoms with Crippen molar-refractivity contribution in [1.29, 1.82) is 5.26 Å². The zero-order valence-corrected chi connectivity index (χ0v) is 13.0. The molecule has 1 aromatic carbocycles. The predicted molar refractivity (Wildman–Crippen MR) is 80.1 cm³/mol. The molecule has 0 atom stereocenters. The van der Waals surface area contributed by atoms with E-state index in [0.717, 1.165) is 4.47 Å². The zero-order valence-electron chi connectivity index (χ0n) is 11.4. The largest absolute Gasteiger partial charge is 0.484 e. The topological polar surface area (TPSA) is 80.3 Å². The van der Waals surface area contributed by atoms with Crippen LogP contribution in [0.1, 0.15) is 11.6 Å². The monoisotopic (exact) mass is 351 g/mol. The van der Waals surface area contributed by atoms with Gasteiger partial charge in [-0.15, -0.1) is 0 Å². The van der Waals surface area contributed by atoms with Gasteiger partial charge in [-0.25, -0.2) is 0 Å². The van der Waals surface area contributed by atoms with Crippen LogP contribution in [0.15, 0.2) is 33.2 Å². The molecule has 6 nitrogen and oxygen atoms in total. The van der Waals surface area contributed by atoms with E-state index in [2.05, 4.69) is 26.2 Å². The lowest BCUT2D eigenvalue weighted by Crippen LogP contribution is -2.07. The Labute approximate surface area is 130 Å². The van der Waals surface area contributed by atoms with Gasteiger partial charge in [0.1, 0.15) is 11.8 Å². The quantitative estimate of drug-likeness (QED) is 0.772. The number of nitriles is 1. The van der Waals surface area contributed by atoms with Crippen LogP contribution in [-0.2, 0) is 11.3 Å². The highest BCUT2D eigenvalue weighted by Gasteiger charge is 2.13. The third-order valence-corrected chi connectivity index (χ3v) is 3.07. The Hall–Kier alpha value is -2.04. The van der Waals surface area contributed by atoms with Crippen molar-refractivity contribution in [2.24, 2.45) is 0 Å².